The van der Waals surface area contributed by atoms with E-state index in [0.29, 0.717) is 30.2 Å². The molecule has 42 heavy (non-hydrogen) atoms. The summed E-state index contributed by atoms with van der Waals surface area (Å²) in [5.74, 6) is 1.68. The Kier molecular flexibility index (Phi) is 16.3. The first kappa shape index (κ1) is 36.4. The van der Waals surface area contributed by atoms with Gasteiger partial charge < -0.3 is 53.7 Å². The Morgan fingerprint density at radius 1 is 0.952 bits per heavy atom. The van der Waals surface area contributed by atoms with Crippen molar-refractivity contribution in [2.24, 2.45) is 5.92 Å². The fourth-order valence-corrected chi connectivity index (χ4v) is 3.36. The molecule has 1 atom stereocenters. The summed E-state index contributed by atoms with van der Waals surface area (Å²) in [6, 6.07) is 7.97. The third kappa shape index (κ3) is 10.7. The second-order valence-electron chi connectivity index (χ2n) is 9.04. The van der Waals surface area contributed by atoms with E-state index < -0.39 is 18.3 Å². The van der Waals surface area contributed by atoms with Crippen LogP contribution in [0.5, 0.6) is 28.7 Å². The highest BCUT2D eigenvalue weighted by molar-refractivity contribution is 5.88. The number of hydrogen-bond acceptors (Lipinski definition) is 13. The van der Waals surface area contributed by atoms with Crippen LogP contribution in [0.3, 0.4) is 0 Å². The Morgan fingerprint density at radius 3 is 2.05 bits per heavy atom. The Labute approximate surface area is 245 Å². The van der Waals surface area contributed by atoms with Crippen LogP contribution in [0.1, 0.15) is 20.8 Å². The zero-order valence-electron chi connectivity index (χ0n) is 25.1. The molecular weight excluding hydrogens is 554 g/mol. The average molecular weight is 598 g/mol. The molecule has 0 aliphatic rings. The summed E-state index contributed by atoms with van der Waals surface area (Å²) in [6.07, 6.45) is -1.45. The fraction of sp³-hybridized carbons (Fsp3) is 0.483. The summed E-state index contributed by atoms with van der Waals surface area (Å²) < 4.78 is 33.4. The molecule has 0 saturated carbocycles. The summed E-state index contributed by atoms with van der Waals surface area (Å²) in [4.78, 5) is 13.5. The Hall–Kier alpha value is -3.59. The molecule has 0 aliphatic heterocycles. The maximum Gasteiger partial charge on any atom is 0.239 e. The average Bonchev–Trinajstić information content (AvgIpc) is 2.96. The lowest BCUT2D eigenvalue weighted by Gasteiger charge is -2.17. The topological polar surface area (TPSA) is 181 Å². The molecule has 0 radical (unpaired) electrons. The number of likely N-dealkylation sites (N-methyl/N-ethyl adjacent to an activating group) is 1. The quantitative estimate of drug-likeness (QED) is 0.152. The van der Waals surface area contributed by atoms with E-state index in [2.05, 4.69) is 0 Å². The molecule has 1 aromatic heterocycles. The van der Waals surface area contributed by atoms with Crippen molar-refractivity contribution in [3.63, 3.8) is 0 Å². The van der Waals surface area contributed by atoms with E-state index in [0.717, 1.165) is 5.06 Å². The monoisotopic (exact) mass is 597 g/mol. The second-order valence-corrected chi connectivity index (χ2v) is 9.04. The summed E-state index contributed by atoms with van der Waals surface area (Å²) in [7, 11) is 5.92. The van der Waals surface area contributed by atoms with Crippen LogP contribution in [0.15, 0.2) is 39.5 Å². The van der Waals surface area contributed by atoms with Gasteiger partial charge in [-0.2, -0.15) is 5.06 Å². The van der Waals surface area contributed by atoms with Crippen LogP contribution in [0.2, 0.25) is 0 Å². The summed E-state index contributed by atoms with van der Waals surface area (Å²) in [6.45, 7) is 5.88. The van der Waals surface area contributed by atoms with Gasteiger partial charge in [0.1, 0.15) is 29.1 Å². The molecule has 3 rings (SSSR count). The van der Waals surface area contributed by atoms with Crippen molar-refractivity contribution in [3.05, 3.63) is 40.6 Å². The van der Waals surface area contributed by atoms with E-state index >= 15 is 0 Å². The van der Waals surface area contributed by atoms with Gasteiger partial charge in [-0.25, -0.2) is 0 Å². The van der Waals surface area contributed by atoms with E-state index in [-0.39, 0.29) is 53.1 Å². The highest BCUT2D eigenvalue weighted by Gasteiger charge is 2.23. The number of aliphatic hydroxyl groups is 4. The molecule has 5 N–H and O–H groups in total. The molecule has 2 aromatic carbocycles. The van der Waals surface area contributed by atoms with E-state index in [9.17, 15) is 9.90 Å². The molecule has 3 aromatic rings. The third-order valence-corrected chi connectivity index (χ3v) is 5.17. The summed E-state index contributed by atoms with van der Waals surface area (Å²) in [5.41, 5.74) is 0.264. The van der Waals surface area contributed by atoms with Crippen molar-refractivity contribution < 1.29 is 53.7 Å². The number of nitrogens with zero attached hydrogens (tertiary/aromatic N) is 1. The van der Waals surface area contributed by atoms with Gasteiger partial charge in [0, 0.05) is 37.9 Å². The van der Waals surface area contributed by atoms with Crippen LogP contribution in [0, 0.1) is 5.92 Å². The fourth-order valence-electron chi connectivity index (χ4n) is 3.36. The number of hydroxylamine groups is 2. The van der Waals surface area contributed by atoms with Gasteiger partial charge in [0.25, 0.3) is 0 Å². The van der Waals surface area contributed by atoms with Gasteiger partial charge in [0.2, 0.25) is 17.5 Å². The molecule has 0 fully saturated rings. The van der Waals surface area contributed by atoms with Crippen LogP contribution in [-0.4, -0.2) is 98.3 Å². The highest BCUT2D eigenvalue weighted by atomic mass is 16.6. The number of rotatable bonds is 12. The van der Waals surface area contributed by atoms with Crippen LogP contribution >= 0.6 is 0 Å². The van der Waals surface area contributed by atoms with Crippen molar-refractivity contribution in [1.82, 2.24) is 5.06 Å². The smallest absolute Gasteiger partial charge is 0.239 e. The van der Waals surface area contributed by atoms with Gasteiger partial charge in [-0.15, -0.1) is 0 Å². The number of aliphatic hydroxyl groups excluding tert-OH is 4. The molecule has 0 saturated heterocycles. The van der Waals surface area contributed by atoms with Crippen molar-refractivity contribution in [3.8, 4) is 40.1 Å². The lowest BCUT2D eigenvalue weighted by atomic mass is 10.1. The van der Waals surface area contributed by atoms with E-state index in [1.54, 1.807) is 25.1 Å². The Morgan fingerprint density at radius 2 is 1.57 bits per heavy atom. The largest absolute Gasteiger partial charge is 0.496 e. The Bertz CT molecular complexity index is 1280. The zero-order valence-corrected chi connectivity index (χ0v) is 25.1. The summed E-state index contributed by atoms with van der Waals surface area (Å²) in [5, 5.41) is 43.7. The first-order chi connectivity index (χ1) is 20.0. The number of benzene rings is 2. The molecular formula is C29H43NO12. The van der Waals surface area contributed by atoms with Crippen LogP contribution in [0.4, 0.5) is 0 Å². The van der Waals surface area contributed by atoms with Gasteiger partial charge in [0.05, 0.1) is 34.5 Å². The van der Waals surface area contributed by atoms with Crippen LogP contribution < -0.4 is 29.1 Å². The summed E-state index contributed by atoms with van der Waals surface area (Å²) >= 11 is 0. The highest BCUT2D eigenvalue weighted by Crippen LogP contribution is 2.39. The minimum Gasteiger partial charge on any atom is -0.496 e. The molecule has 0 aliphatic carbocycles. The van der Waals surface area contributed by atoms with Gasteiger partial charge >= 0.3 is 0 Å². The maximum atomic E-state index is 13.5. The lowest BCUT2D eigenvalue weighted by molar-refractivity contribution is -0.0733. The van der Waals surface area contributed by atoms with Gasteiger partial charge in [-0.1, -0.05) is 13.8 Å². The first-order valence-electron chi connectivity index (χ1n) is 13.1. The van der Waals surface area contributed by atoms with Crippen LogP contribution in [-0.2, 0) is 0 Å². The number of hydrogen-bond donors (Lipinski definition) is 5. The SMILES string of the molecule is CCO.CN(O)CCO.COc1ccc(-c2oc3cc(OC(O)CO)cc(OC)c3c(=O)c2OCC(C)C)cc1OC. The first-order valence-corrected chi connectivity index (χ1v) is 13.1. The third-order valence-electron chi connectivity index (χ3n) is 5.17. The van der Waals surface area contributed by atoms with E-state index in [1.807, 2.05) is 13.8 Å². The van der Waals surface area contributed by atoms with E-state index in [1.165, 1.54) is 40.5 Å². The molecule has 0 bridgehead atoms. The normalized spacial score (nSPS) is 11.3. The zero-order chi connectivity index (χ0) is 31.8. The predicted molar refractivity (Wildman–Crippen MR) is 156 cm³/mol. The molecule has 0 amide bonds. The standard InChI is InChI=1S/C24H28O9.C3H9NO2.C2H6O/c1-13(2)12-31-24-22(27)21-18(30-5)9-15(32-20(26)11-25)10-19(21)33-23(24)14-6-7-16(28-3)17(8-14)29-4;1-4(6)2-3-5;1-2-3/h6-10,13,20,25-26H,11-12H2,1-5H3;5-6H,2-3H2,1H3;3H,2H2,1H3. The van der Waals surface area contributed by atoms with E-state index in [4.69, 9.17) is 48.6 Å². The predicted octanol–water partition coefficient (Wildman–Crippen LogP) is 2.51. The van der Waals surface area contributed by atoms with Gasteiger partial charge in [0.15, 0.2) is 17.3 Å². The number of methoxy groups -OCH3 is 3. The minimum absolute atomic E-state index is 0.00694. The van der Waals surface area contributed by atoms with Crippen molar-refractivity contribution in [2.45, 2.75) is 27.1 Å². The van der Waals surface area contributed by atoms with Crippen LogP contribution in [0.25, 0.3) is 22.3 Å². The van der Waals surface area contributed by atoms with Crippen molar-refractivity contribution in [1.29, 1.82) is 0 Å². The molecule has 13 heteroatoms. The van der Waals surface area contributed by atoms with Gasteiger partial charge in [-0.05, 0) is 31.0 Å². The second kappa shape index (κ2) is 18.8. The molecule has 13 nitrogen and oxygen atoms in total. The van der Waals surface area contributed by atoms with Gasteiger partial charge in [-0.3, -0.25) is 4.79 Å². The number of ether oxygens (including phenoxy) is 5. The molecule has 1 heterocycles. The van der Waals surface area contributed by atoms with Crippen molar-refractivity contribution in [2.75, 3.05) is 61.3 Å². The maximum absolute atomic E-state index is 13.5. The molecule has 0 spiro atoms. The minimum atomic E-state index is -1.45. The number of fused-ring (bicyclic) bond motifs is 1. The molecule has 1 unspecified atom stereocenters. The van der Waals surface area contributed by atoms with Crippen molar-refractivity contribution >= 4 is 11.0 Å². The Balaban J connectivity index is 0.000000857. The lowest BCUT2D eigenvalue weighted by Crippen LogP contribution is -2.20. The molecule has 236 valence electrons.